The highest BCUT2D eigenvalue weighted by Crippen LogP contribution is 2.40. The van der Waals surface area contributed by atoms with E-state index in [9.17, 15) is 32.0 Å². The minimum Gasteiger partial charge on any atom is -0.507 e. The first-order valence-corrected chi connectivity index (χ1v) is 11.9. The zero-order valence-electron chi connectivity index (χ0n) is 19.5. The number of sulfone groups is 1. The highest BCUT2D eigenvalue weighted by molar-refractivity contribution is 7.95. The number of alkyl halides is 3. The zero-order chi connectivity index (χ0) is 25.4. The quantitative estimate of drug-likeness (QED) is 0.509. The number of halogens is 3. The summed E-state index contributed by atoms with van der Waals surface area (Å²) >= 11 is 0. The second-order valence-electron chi connectivity index (χ2n) is 10.0. The van der Waals surface area contributed by atoms with Crippen molar-refractivity contribution in [3.05, 3.63) is 69.1 Å². The average Bonchev–Trinajstić information content (AvgIpc) is 2.64. The average molecular weight is 480 g/mol. The molecule has 0 aliphatic rings. The number of nitriles is 1. The van der Waals surface area contributed by atoms with Crippen molar-refractivity contribution in [3.63, 3.8) is 0 Å². The maximum atomic E-state index is 13.0. The van der Waals surface area contributed by atoms with Gasteiger partial charge in [-0.25, -0.2) is 8.42 Å². The molecule has 33 heavy (non-hydrogen) atoms. The molecule has 4 nitrogen and oxygen atoms in total. The van der Waals surface area contributed by atoms with E-state index in [1.165, 1.54) is 12.1 Å². The summed E-state index contributed by atoms with van der Waals surface area (Å²) in [6, 6.07) is 8.96. The van der Waals surface area contributed by atoms with Crippen LogP contribution in [0.5, 0.6) is 5.75 Å². The number of nitrogens with zero attached hydrogens (tertiary/aromatic N) is 1. The maximum absolute atomic E-state index is 13.0. The first-order valence-electron chi connectivity index (χ1n) is 10.2. The van der Waals surface area contributed by atoms with Crippen LogP contribution in [0.25, 0.3) is 6.08 Å². The molecule has 0 fully saturated rings. The summed E-state index contributed by atoms with van der Waals surface area (Å²) in [5, 5.41) is 20.4. The smallest absolute Gasteiger partial charge is 0.416 e. The van der Waals surface area contributed by atoms with Crippen molar-refractivity contribution in [2.45, 2.75) is 64.3 Å². The SMILES string of the molecule is CC(C)(C)c1cc(/C=C(\C#N)S(=O)(=O)Cc2cccc(C(F)(F)F)c2)cc(C(C)(C)C)c1O. The summed E-state index contributed by atoms with van der Waals surface area (Å²) < 4.78 is 64.8. The Bertz CT molecular complexity index is 1190. The molecule has 0 radical (unpaired) electrons. The van der Waals surface area contributed by atoms with Crippen molar-refractivity contribution in [3.8, 4) is 11.8 Å². The van der Waals surface area contributed by atoms with Crippen LogP contribution in [-0.4, -0.2) is 13.5 Å². The minimum atomic E-state index is -4.60. The molecule has 2 aromatic carbocycles. The summed E-state index contributed by atoms with van der Waals surface area (Å²) in [5.41, 5.74) is -0.354. The molecule has 0 amide bonds. The van der Waals surface area contributed by atoms with Crippen LogP contribution in [0.2, 0.25) is 0 Å². The van der Waals surface area contributed by atoms with Gasteiger partial charge in [-0.2, -0.15) is 18.4 Å². The number of allylic oxidation sites excluding steroid dienone is 1. The molecule has 0 aliphatic carbocycles. The molecule has 0 heterocycles. The van der Waals surface area contributed by atoms with Gasteiger partial charge >= 0.3 is 6.18 Å². The number of rotatable bonds is 4. The van der Waals surface area contributed by atoms with Gasteiger partial charge in [-0.15, -0.1) is 0 Å². The fourth-order valence-electron chi connectivity index (χ4n) is 3.36. The molecule has 8 heteroatoms. The summed E-state index contributed by atoms with van der Waals surface area (Å²) in [7, 11) is -4.22. The lowest BCUT2D eigenvalue weighted by Crippen LogP contribution is -2.17. The van der Waals surface area contributed by atoms with Crippen molar-refractivity contribution < 1.29 is 26.7 Å². The maximum Gasteiger partial charge on any atom is 0.416 e. The number of aromatic hydroxyl groups is 1. The summed E-state index contributed by atoms with van der Waals surface area (Å²) in [6.45, 7) is 11.4. The molecule has 0 spiro atoms. The molecule has 0 unspecified atom stereocenters. The van der Waals surface area contributed by atoms with Crippen molar-refractivity contribution in [2.24, 2.45) is 0 Å². The van der Waals surface area contributed by atoms with Crippen molar-refractivity contribution in [2.75, 3.05) is 0 Å². The summed E-state index contributed by atoms with van der Waals surface area (Å²) in [6.07, 6.45) is -3.40. The number of benzene rings is 2. The Morgan fingerprint density at radius 2 is 1.52 bits per heavy atom. The van der Waals surface area contributed by atoms with Crippen LogP contribution in [0.15, 0.2) is 41.3 Å². The highest BCUT2D eigenvalue weighted by Gasteiger charge is 2.31. The molecule has 0 saturated heterocycles. The fraction of sp³-hybridized carbons (Fsp3) is 0.400. The van der Waals surface area contributed by atoms with E-state index in [0.717, 1.165) is 18.2 Å². The monoisotopic (exact) mass is 479 g/mol. The minimum absolute atomic E-state index is 0.0672. The molecule has 0 aliphatic heterocycles. The van der Waals surface area contributed by atoms with E-state index in [4.69, 9.17) is 0 Å². The van der Waals surface area contributed by atoms with Gasteiger partial charge in [0.2, 0.25) is 0 Å². The second-order valence-corrected chi connectivity index (χ2v) is 12.0. The summed E-state index contributed by atoms with van der Waals surface area (Å²) in [4.78, 5) is -0.565. The molecular weight excluding hydrogens is 451 g/mol. The molecule has 0 aromatic heterocycles. The van der Waals surface area contributed by atoms with Gasteiger partial charge in [-0.3, -0.25) is 0 Å². The zero-order valence-corrected chi connectivity index (χ0v) is 20.3. The van der Waals surface area contributed by atoms with Crippen molar-refractivity contribution in [1.29, 1.82) is 5.26 Å². The van der Waals surface area contributed by atoms with E-state index < -0.39 is 43.1 Å². The highest BCUT2D eigenvalue weighted by atomic mass is 32.2. The van der Waals surface area contributed by atoms with Gasteiger partial charge in [0.1, 0.15) is 16.7 Å². The molecule has 2 aromatic rings. The van der Waals surface area contributed by atoms with Crippen LogP contribution in [-0.2, 0) is 32.6 Å². The fourth-order valence-corrected chi connectivity index (χ4v) is 4.59. The molecule has 0 atom stereocenters. The topological polar surface area (TPSA) is 78.2 Å². The van der Waals surface area contributed by atoms with Crippen LogP contribution in [0, 0.1) is 11.3 Å². The molecule has 2 rings (SSSR count). The molecular formula is C25H28F3NO3S. The van der Waals surface area contributed by atoms with Crippen LogP contribution in [0.1, 0.15) is 69.4 Å². The Morgan fingerprint density at radius 3 is 1.94 bits per heavy atom. The van der Waals surface area contributed by atoms with Crippen LogP contribution >= 0.6 is 0 Å². The lowest BCUT2D eigenvalue weighted by molar-refractivity contribution is -0.137. The molecule has 0 bridgehead atoms. The molecule has 0 saturated carbocycles. The predicted molar refractivity (Wildman–Crippen MR) is 123 cm³/mol. The number of phenolic OH excluding ortho intramolecular Hbond substituents is 1. The summed E-state index contributed by atoms with van der Waals surface area (Å²) in [5.74, 6) is -0.635. The molecule has 1 N–H and O–H groups in total. The van der Waals surface area contributed by atoms with Gasteiger partial charge in [0, 0.05) is 11.1 Å². The van der Waals surface area contributed by atoms with E-state index in [0.29, 0.717) is 16.7 Å². The third-order valence-corrected chi connectivity index (χ3v) is 6.69. The van der Waals surface area contributed by atoms with E-state index in [-0.39, 0.29) is 11.3 Å². The molecule has 178 valence electrons. The normalized spacial score (nSPS) is 13.6. The first kappa shape index (κ1) is 26.5. The van der Waals surface area contributed by atoms with E-state index >= 15 is 0 Å². The van der Waals surface area contributed by atoms with E-state index in [1.807, 2.05) is 41.5 Å². The van der Waals surface area contributed by atoms with Gasteiger partial charge in [0.05, 0.1) is 11.3 Å². The van der Waals surface area contributed by atoms with Crippen LogP contribution in [0.3, 0.4) is 0 Å². The Kier molecular flexibility index (Phi) is 7.11. The Hall–Kier alpha value is -2.79. The lowest BCUT2D eigenvalue weighted by Gasteiger charge is -2.28. The number of hydrogen-bond acceptors (Lipinski definition) is 4. The van der Waals surface area contributed by atoms with Crippen LogP contribution in [0.4, 0.5) is 13.2 Å². The van der Waals surface area contributed by atoms with Crippen LogP contribution < -0.4 is 0 Å². The van der Waals surface area contributed by atoms with Gasteiger partial charge in [0.15, 0.2) is 9.84 Å². The second kappa shape index (κ2) is 8.86. The first-order chi connectivity index (χ1) is 14.9. The standard InChI is InChI=1S/C25H28F3NO3S/c1-23(2,3)20-12-17(13-21(22(20)30)24(4,5)6)11-19(14-29)33(31,32)15-16-8-7-9-18(10-16)25(26,27)28/h7-13,30H,15H2,1-6H3/b19-11+. The lowest BCUT2D eigenvalue weighted by atomic mass is 9.78. The third kappa shape index (κ3) is 6.38. The Balaban J connectivity index is 2.60. The van der Waals surface area contributed by atoms with Gasteiger partial charge < -0.3 is 5.11 Å². The van der Waals surface area contributed by atoms with Gasteiger partial charge in [0.25, 0.3) is 0 Å². The van der Waals surface area contributed by atoms with Crippen molar-refractivity contribution >= 4 is 15.9 Å². The number of hydrogen-bond donors (Lipinski definition) is 1. The van der Waals surface area contributed by atoms with E-state index in [1.54, 1.807) is 18.2 Å². The Labute approximate surface area is 193 Å². The van der Waals surface area contributed by atoms with Gasteiger partial charge in [-0.05, 0) is 46.2 Å². The largest absolute Gasteiger partial charge is 0.507 e. The van der Waals surface area contributed by atoms with Gasteiger partial charge in [-0.1, -0.05) is 59.7 Å². The van der Waals surface area contributed by atoms with Crippen molar-refractivity contribution in [1.82, 2.24) is 0 Å². The number of phenols is 1. The Morgan fingerprint density at radius 1 is 1.00 bits per heavy atom. The van der Waals surface area contributed by atoms with E-state index in [2.05, 4.69) is 0 Å². The third-order valence-electron chi connectivity index (χ3n) is 5.10. The predicted octanol–water partition coefficient (Wildman–Crippen LogP) is 6.49.